The van der Waals surface area contributed by atoms with Crippen LogP contribution in [0.25, 0.3) is 22.3 Å². The highest BCUT2D eigenvalue weighted by Crippen LogP contribution is 2.62. The fourth-order valence-corrected chi connectivity index (χ4v) is 8.70. The van der Waals surface area contributed by atoms with Crippen LogP contribution in [0.3, 0.4) is 0 Å². The fraction of sp³-hybridized carbons (Fsp3) is 0.0233. The van der Waals surface area contributed by atoms with Crippen molar-refractivity contribution in [2.24, 2.45) is 0 Å². The molecule has 0 bridgehead atoms. The molecule has 9 rings (SSSR count). The molecule has 0 saturated heterocycles. The highest BCUT2D eigenvalue weighted by molar-refractivity contribution is 7.99. The second-order valence-corrected chi connectivity index (χ2v) is 12.8. The largest absolute Gasteiger partial charge is 0.310 e. The maximum absolute atomic E-state index is 2.41. The summed E-state index contributed by atoms with van der Waals surface area (Å²) in [6, 6.07) is 64.3. The molecule has 1 spiro atoms. The van der Waals surface area contributed by atoms with Crippen molar-refractivity contribution in [3.05, 3.63) is 198 Å². The molecule has 2 heteroatoms. The molecule has 0 atom stereocenters. The van der Waals surface area contributed by atoms with Crippen LogP contribution < -0.4 is 4.90 Å². The molecule has 1 aliphatic carbocycles. The maximum atomic E-state index is 2.41. The molecule has 0 fully saturated rings. The number of hydrogen-bond donors (Lipinski definition) is 0. The van der Waals surface area contributed by atoms with Crippen LogP contribution in [0.2, 0.25) is 0 Å². The number of anilines is 3. The van der Waals surface area contributed by atoms with Gasteiger partial charge in [0.15, 0.2) is 0 Å². The molecule has 2 aliphatic rings. The lowest BCUT2D eigenvalue weighted by atomic mass is 9.67. The second kappa shape index (κ2) is 10.4. The standard InChI is InChI=1S/C43H29NS/c1-3-15-32(16-4-1)44(33-17-5-2-6-18-33)34-19-13-14-30(28-34)31-26-27-40-42(29-31)45-41-25-12-11-24-39(41)43(40)37-22-9-7-20-35(37)36-21-8-10-23-38(36)43/h1-29H. The van der Waals surface area contributed by atoms with Gasteiger partial charge in [-0.1, -0.05) is 139 Å². The van der Waals surface area contributed by atoms with E-state index in [9.17, 15) is 0 Å². The zero-order chi connectivity index (χ0) is 29.8. The Morgan fingerprint density at radius 3 is 1.53 bits per heavy atom. The summed E-state index contributed by atoms with van der Waals surface area (Å²) in [7, 11) is 0. The van der Waals surface area contributed by atoms with E-state index < -0.39 is 0 Å². The van der Waals surface area contributed by atoms with Crippen LogP contribution in [0.4, 0.5) is 17.1 Å². The highest BCUT2D eigenvalue weighted by Gasteiger charge is 2.49. The van der Waals surface area contributed by atoms with Crippen LogP contribution in [0, 0.1) is 0 Å². The van der Waals surface area contributed by atoms with Gasteiger partial charge in [-0.3, -0.25) is 0 Å². The van der Waals surface area contributed by atoms with Crippen molar-refractivity contribution in [2.75, 3.05) is 4.90 Å². The van der Waals surface area contributed by atoms with E-state index in [0.29, 0.717) is 0 Å². The van der Waals surface area contributed by atoms with Gasteiger partial charge in [-0.15, -0.1) is 0 Å². The number of fused-ring (bicyclic) bond motifs is 9. The Bertz CT molecular complexity index is 2120. The Labute approximate surface area is 268 Å². The Morgan fingerprint density at radius 2 is 0.867 bits per heavy atom. The van der Waals surface area contributed by atoms with E-state index in [4.69, 9.17) is 0 Å². The molecule has 0 radical (unpaired) electrons. The maximum Gasteiger partial charge on any atom is 0.0735 e. The number of benzene rings is 7. The molecular formula is C43H29NS. The zero-order valence-corrected chi connectivity index (χ0v) is 25.4. The topological polar surface area (TPSA) is 3.24 Å². The molecule has 45 heavy (non-hydrogen) atoms. The van der Waals surface area contributed by atoms with Crippen molar-refractivity contribution in [3.8, 4) is 22.3 Å². The summed E-state index contributed by atoms with van der Waals surface area (Å²) in [6.07, 6.45) is 0. The smallest absolute Gasteiger partial charge is 0.0735 e. The van der Waals surface area contributed by atoms with Gasteiger partial charge in [0, 0.05) is 26.9 Å². The molecule has 0 saturated carbocycles. The van der Waals surface area contributed by atoms with Gasteiger partial charge < -0.3 is 4.90 Å². The third-order valence-electron chi connectivity index (χ3n) is 9.32. The SMILES string of the molecule is c1ccc(N(c2ccccc2)c2cccc(-c3ccc4c(c3)Sc3ccccc3C43c4ccccc4-c4ccccc43)c2)cc1. The van der Waals surface area contributed by atoms with E-state index in [2.05, 4.69) is 181 Å². The molecule has 1 aliphatic heterocycles. The number of nitrogens with zero attached hydrogens (tertiary/aromatic N) is 1. The minimum absolute atomic E-state index is 0.345. The van der Waals surface area contributed by atoms with E-state index in [-0.39, 0.29) is 5.41 Å². The summed E-state index contributed by atoms with van der Waals surface area (Å²) >= 11 is 1.90. The van der Waals surface area contributed by atoms with Gasteiger partial charge in [-0.25, -0.2) is 0 Å². The zero-order valence-electron chi connectivity index (χ0n) is 24.6. The van der Waals surface area contributed by atoms with Crippen molar-refractivity contribution >= 4 is 28.8 Å². The second-order valence-electron chi connectivity index (χ2n) is 11.7. The Balaban J connectivity index is 1.22. The minimum atomic E-state index is -0.345. The Morgan fingerprint density at radius 1 is 0.356 bits per heavy atom. The van der Waals surface area contributed by atoms with Gasteiger partial charge in [0.25, 0.3) is 0 Å². The van der Waals surface area contributed by atoms with Gasteiger partial charge in [-0.2, -0.15) is 0 Å². The lowest BCUT2D eigenvalue weighted by Gasteiger charge is -2.39. The molecule has 0 amide bonds. The van der Waals surface area contributed by atoms with Crippen molar-refractivity contribution in [2.45, 2.75) is 15.2 Å². The van der Waals surface area contributed by atoms with E-state index in [0.717, 1.165) is 17.1 Å². The van der Waals surface area contributed by atoms with Crippen LogP contribution in [-0.2, 0) is 5.41 Å². The van der Waals surface area contributed by atoms with Crippen LogP contribution in [0.5, 0.6) is 0 Å². The summed E-state index contributed by atoms with van der Waals surface area (Å²) in [6.45, 7) is 0. The summed E-state index contributed by atoms with van der Waals surface area (Å²) in [5, 5.41) is 0. The summed E-state index contributed by atoms with van der Waals surface area (Å²) in [5.74, 6) is 0. The van der Waals surface area contributed by atoms with E-state index in [1.165, 1.54) is 54.3 Å². The highest BCUT2D eigenvalue weighted by atomic mass is 32.2. The van der Waals surface area contributed by atoms with Gasteiger partial charge in [0.05, 0.1) is 5.41 Å². The number of hydrogen-bond acceptors (Lipinski definition) is 2. The molecule has 7 aromatic rings. The molecule has 1 heterocycles. The van der Waals surface area contributed by atoms with E-state index in [1.807, 2.05) is 11.8 Å². The van der Waals surface area contributed by atoms with Gasteiger partial charge >= 0.3 is 0 Å². The van der Waals surface area contributed by atoms with Crippen LogP contribution >= 0.6 is 11.8 Å². The minimum Gasteiger partial charge on any atom is -0.310 e. The lowest BCUT2D eigenvalue weighted by Crippen LogP contribution is -2.31. The van der Waals surface area contributed by atoms with Crippen molar-refractivity contribution in [1.29, 1.82) is 0 Å². The summed E-state index contributed by atoms with van der Waals surface area (Å²) in [5.41, 5.74) is 13.6. The summed E-state index contributed by atoms with van der Waals surface area (Å²) in [4.78, 5) is 4.96. The Kier molecular flexibility index (Phi) is 6.04. The summed E-state index contributed by atoms with van der Waals surface area (Å²) < 4.78 is 0. The third kappa shape index (κ3) is 3.96. The lowest BCUT2D eigenvalue weighted by molar-refractivity contribution is 0.722. The van der Waals surface area contributed by atoms with Gasteiger partial charge in [0.1, 0.15) is 0 Å². The van der Waals surface area contributed by atoms with Crippen LogP contribution in [0.1, 0.15) is 22.3 Å². The van der Waals surface area contributed by atoms with Crippen molar-refractivity contribution in [3.63, 3.8) is 0 Å². The molecular weight excluding hydrogens is 563 g/mol. The van der Waals surface area contributed by atoms with Crippen molar-refractivity contribution in [1.82, 2.24) is 0 Å². The predicted octanol–water partition coefficient (Wildman–Crippen LogP) is 11.7. The first kappa shape index (κ1) is 26.1. The van der Waals surface area contributed by atoms with Gasteiger partial charge in [-0.05, 0) is 93.0 Å². The van der Waals surface area contributed by atoms with Crippen LogP contribution in [0.15, 0.2) is 186 Å². The van der Waals surface area contributed by atoms with E-state index >= 15 is 0 Å². The molecule has 0 aromatic heterocycles. The quantitative estimate of drug-likeness (QED) is 0.200. The first-order chi connectivity index (χ1) is 22.3. The third-order valence-corrected chi connectivity index (χ3v) is 10.4. The van der Waals surface area contributed by atoms with Crippen molar-refractivity contribution < 1.29 is 0 Å². The average Bonchev–Trinajstić information content (AvgIpc) is 3.40. The monoisotopic (exact) mass is 591 g/mol. The average molecular weight is 592 g/mol. The molecule has 0 unspecified atom stereocenters. The predicted molar refractivity (Wildman–Crippen MR) is 188 cm³/mol. The fourth-order valence-electron chi connectivity index (χ4n) is 7.47. The molecule has 0 N–H and O–H groups in total. The first-order valence-electron chi connectivity index (χ1n) is 15.4. The first-order valence-corrected chi connectivity index (χ1v) is 16.3. The molecule has 212 valence electrons. The normalized spacial score (nSPS) is 13.4. The number of para-hydroxylation sites is 2. The molecule has 1 nitrogen and oxygen atoms in total. The molecule has 7 aromatic carbocycles. The van der Waals surface area contributed by atoms with Gasteiger partial charge in [0.2, 0.25) is 0 Å². The van der Waals surface area contributed by atoms with Crippen LogP contribution in [-0.4, -0.2) is 0 Å². The number of rotatable bonds is 4. The Hall–Kier alpha value is -5.31. The van der Waals surface area contributed by atoms with E-state index in [1.54, 1.807) is 0 Å².